The molecule has 0 aliphatic heterocycles. The highest BCUT2D eigenvalue weighted by Gasteiger charge is 2.23. The molecule has 0 bridgehead atoms. The molecule has 1 heterocycles. The number of carbonyl (C=O) groups excluding carboxylic acids is 1. The monoisotopic (exact) mass is 212 g/mol. The summed E-state index contributed by atoms with van der Waals surface area (Å²) >= 11 is 0. The SMILES string of the molecule is CC(C)(C)OC(=O)c1ncoc1CCN. The number of oxazole rings is 1. The molecular formula is C10H16N2O3. The number of carbonyl (C=O) groups is 1. The average Bonchev–Trinajstić information content (AvgIpc) is 2.49. The van der Waals surface area contributed by atoms with Gasteiger partial charge in [-0.25, -0.2) is 9.78 Å². The third kappa shape index (κ3) is 3.36. The number of esters is 1. The van der Waals surface area contributed by atoms with E-state index in [0.717, 1.165) is 0 Å². The van der Waals surface area contributed by atoms with Gasteiger partial charge in [-0.3, -0.25) is 0 Å². The third-order valence-electron chi connectivity index (χ3n) is 1.60. The first-order chi connectivity index (χ1) is 6.94. The Kier molecular flexibility index (Phi) is 3.47. The van der Waals surface area contributed by atoms with Crippen LogP contribution in [0.2, 0.25) is 0 Å². The summed E-state index contributed by atoms with van der Waals surface area (Å²) in [5.41, 5.74) is 5.06. The molecule has 0 saturated carbocycles. The summed E-state index contributed by atoms with van der Waals surface area (Å²) in [6, 6.07) is 0. The fourth-order valence-electron chi connectivity index (χ4n) is 1.07. The van der Waals surface area contributed by atoms with Crippen LogP contribution in [0, 0.1) is 0 Å². The van der Waals surface area contributed by atoms with Crippen LogP contribution in [-0.4, -0.2) is 23.1 Å². The summed E-state index contributed by atoms with van der Waals surface area (Å²) in [7, 11) is 0. The molecule has 0 spiro atoms. The average molecular weight is 212 g/mol. The maximum atomic E-state index is 11.6. The minimum atomic E-state index is -0.532. The standard InChI is InChI=1S/C10H16N2O3/c1-10(2,3)15-9(13)8-7(4-5-11)14-6-12-8/h6H,4-5,11H2,1-3H3. The Hall–Kier alpha value is -1.36. The Morgan fingerprint density at radius 2 is 2.27 bits per heavy atom. The van der Waals surface area contributed by atoms with E-state index in [-0.39, 0.29) is 5.69 Å². The number of hydrogen-bond donors (Lipinski definition) is 1. The van der Waals surface area contributed by atoms with Crippen LogP contribution in [0.4, 0.5) is 0 Å². The van der Waals surface area contributed by atoms with E-state index in [1.54, 1.807) is 20.8 Å². The summed E-state index contributed by atoms with van der Waals surface area (Å²) < 4.78 is 10.2. The molecule has 0 saturated heterocycles. The van der Waals surface area contributed by atoms with E-state index in [4.69, 9.17) is 14.9 Å². The molecule has 5 nitrogen and oxygen atoms in total. The predicted octanol–water partition coefficient (Wildman–Crippen LogP) is 1.13. The lowest BCUT2D eigenvalue weighted by molar-refractivity contribution is 0.00613. The van der Waals surface area contributed by atoms with Gasteiger partial charge in [0.25, 0.3) is 0 Å². The van der Waals surface area contributed by atoms with Gasteiger partial charge in [-0.1, -0.05) is 0 Å². The molecule has 0 aliphatic rings. The molecule has 0 fully saturated rings. The van der Waals surface area contributed by atoms with E-state index in [9.17, 15) is 4.79 Å². The van der Waals surface area contributed by atoms with Gasteiger partial charge in [0, 0.05) is 6.42 Å². The van der Waals surface area contributed by atoms with Gasteiger partial charge >= 0.3 is 5.97 Å². The molecule has 1 rings (SSSR count). The second-order valence-electron chi connectivity index (χ2n) is 4.16. The lowest BCUT2D eigenvalue weighted by atomic mass is 10.2. The van der Waals surface area contributed by atoms with Crippen molar-refractivity contribution >= 4 is 5.97 Å². The van der Waals surface area contributed by atoms with E-state index in [2.05, 4.69) is 4.98 Å². The van der Waals surface area contributed by atoms with E-state index in [1.165, 1.54) is 6.39 Å². The molecule has 0 amide bonds. The summed E-state index contributed by atoms with van der Waals surface area (Å²) in [4.78, 5) is 15.5. The normalized spacial score (nSPS) is 11.5. The smallest absolute Gasteiger partial charge is 0.361 e. The predicted molar refractivity (Wildman–Crippen MR) is 54.4 cm³/mol. The zero-order valence-corrected chi connectivity index (χ0v) is 9.24. The van der Waals surface area contributed by atoms with Crippen LogP contribution < -0.4 is 5.73 Å². The highest BCUT2D eigenvalue weighted by molar-refractivity contribution is 5.88. The molecule has 1 aromatic rings. The zero-order chi connectivity index (χ0) is 11.5. The molecular weight excluding hydrogens is 196 g/mol. The second kappa shape index (κ2) is 4.44. The molecule has 0 atom stereocenters. The van der Waals surface area contributed by atoms with Crippen LogP contribution in [0.1, 0.15) is 37.0 Å². The van der Waals surface area contributed by atoms with Gasteiger partial charge in [-0.15, -0.1) is 0 Å². The lowest BCUT2D eigenvalue weighted by Gasteiger charge is -2.18. The molecule has 5 heteroatoms. The fraction of sp³-hybridized carbons (Fsp3) is 0.600. The quantitative estimate of drug-likeness (QED) is 0.760. The number of aromatic nitrogens is 1. The van der Waals surface area contributed by atoms with Gasteiger partial charge < -0.3 is 14.9 Å². The van der Waals surface area contributed by atoms with Crippen LogP contribution in [0.3, 0.4) is 0 Å². The van der Waals surface area contributed by atoms with Gasteiger partial charge in [-0.05, 0) is 27.3 Å². The highest BCUT2D eigenvalue weighted by atomic mass is 16.6. The van der Waals surface area contributed by atoms with Crippen LogP contribution in [-0.2, 0) is 11.2 Å². The van der Waals surface area contributed by atoms with Gasteiger partial charge in [0.15, 0.2) is 12.1 Å². The van der Waals surface area contributed by atoms with Crippen molar-refractivity contribution in [2.45, 2.75) is 32.8 Å². The second-order valence-corrected chi connectivity index (χ2v) is 4.16. The van der Waals surface area contributed by atoms with Gasteiger partial charge in [0.2, 0.25) is 0 Å². The summed E-state index contributed by atoms with van der Waals surface area (Å²) in [5, 5.41) is 0. The Morgan fingerprint density at radius 1 is 1.60 bits per heavy atom. The zero-order valence-electron chi connectivity index (χ0n) is 9.24. The molecule has 0 aliphatic carbocycles. The van der Waals surface area contributed by atoms with Gasteiger partial charge in [0.05, 0.1) is 0 Å². The van der Waals surface area contributed by atoms with E-state index in [1.807, 2.05) is 0 Å². The van der Waals surface area contributed by atoms with Crippen molar-refractivity contribution in [2.24, 2.45) is 5.73 Å². The van der Waals surface area contributed by atoms with Crippen molar-refractivity contribution < 1.29 is 13.9 Å². The van der Waals surface area contributed by atoms with Crippen molar-refractivity contribution in [1.29, 1.82) is 0 Å². The Balaban J connectivity index is 2.77. The van der Waals surface area contributed by atoms with Crippen LogP contribution in [0.25, 0.3) is 0 Å². The Labute approximate surface area is 88.6 Å². The molecule has 0 aromatic carbocycles. The minimum Gasteiger partial charge on any atom is -0.455 e. The van der Waals surface area contributed by atoms with Crippen molar-refractivity contribution in [2.75, 3.05) is 6.54 Å². The van der Waals surface area contributed by atoms with Crippen molar-refractivity contribution in [3.63, 3.8) is 0 Å². The lowest BCUT2D eigenvalue weighted by Crippen LogP contribution is -2.24. The summed E-state index contributed by atoms with van der Waals surface area (Å²) in [6.45, 7) is 5.81. The number of nitrogens with zero attached hydrogens (tertiary/aromatic N) is 1. The highest BCUT2D eigenvalue weighted by Crippen LogP contribution is 2.14. The van der Waals surface area contributed by atoms with Crippen molar-refractivity contribution in [3.05, 3.63) is 17.8 Å². The minimum absolute atomic E-state index is 0.218. The summed E-state index contributed by atoms with van der Waals surface area (Å²) in [6.07, 6.45) is 1.71. The molecule has 15 heavy (non-hydrogen) atoms. The Morgan fingerprint density at radius 3 is 2.80 bits per heavy atom. The number of ether oxygens (including phenoxy) is 1. The fourth-order valence-corrected chi connectivity index (χ4v) is 1.07. The number of hydrogen-bond acceptors (Lipinski definition) is 5. The number of rotatable bonds is 3. The third-order valence-corrected chi connectivity index (χ3v) is 1.60. The number of nitrogens with two attached hydrogens (primary N) is 1. The molecule has 84 valence electrons. The van der Waals surface area contributed by atoms with E-state index < -0.39 is 11.6 Å². The first-order valence-corrected chi connectivity index (χ1v) is 4.80. The Bertz CT molecular complexity index is 339. The maximum absolute atomic E-state index is 11.6. The first kappa shape index (κ1) is 11.7. The maximum Gasteiger partial charge on any atom is 0.361 e. The van der Waals surface area contributed by atoms with Crippen LogP contribution in [0.15, 0.2) is 10.8 Å². The molecule has 1 aromatic heterocycles. The van der Waals surface area contributed by atoms with Gasteiger partial charge in [-0.2, -0.15) is 0 Å². The van der Waals surface area contributed by atoms with E-state index in [0.29, 0.717) is 18.7 Å². The largest absolute Gasteiger partial charge is 0.455 e. The van der Waals surface area contributed by atoms with Gasteiger partial charge in [0.1, 0.15) is 11.4 Å². The molecule has 0 unspecified atom stereocenters. The topological polar surface area (TPSA) is 78.3 Å². The van der Waals surface area contributed by atoms with Crippen LogP contribution >= 0.6 is 0 Å². The van der Waals surface area contributed by atoms with Crippen molar-refractivity contribution in [3.8, 4) is 0 Å². The molecule has 2 N–H and O–H groups in total. The first-order valence-electron chi connectivity index (χ1n) is 4.80. The van der Waals surface area contributed by atoms with Crippen molar-refractivity contribution in [1.82, 2.24) is 4.98 Å². The summed E-state index contributed by atoms with van der Waals surface area (Å²) in [5.74, 6) is 0.00597. The van der Waals surface area contributed by atoms with E-state index >= 15 is 0 Å². The molecule has 0 radical (unpaired) electrons. The van der Waals surface area contributed by atoms with Crippen LogP contribution in [0.5, 0.6) is 0 Å².